The molecule has 0 aromatic heterocycles. The highest BCUT2D eigenvalue weighted by atomic mass is 35.5. The molecule has 2 nitrogen and oxygen atoms in total. The SMILES string of the molecule is COc1ccc(CC(N)c2c(Cl)cccc2Cl)cc1F. The van der Waals surface area contributed by atoms with Crippen LogP contribution in [0.2, 0.25) is 10.0 Å². The van der Waals surface area contributed by atoms with E-state index in [1.165, 1.54) is 13.2 Å². The van der Waals surface area contributed by atoms with Crippen LogP contribution in [-0.2, 0) is 6.42 Å². The van der Waals surface area contributed by atoms with Gasteiger partial charge in [-0.25, -0.2) is 4.39 Å². The number of hydrogen-bond donors (Lipinski definition) is 1. The molecule has 2 aromatic carbocycles. The number of benzene rings is 2. The Morgan fingerprint density at radius 3 is 2.40 bits per heavy atom. The van der Waals surface area contributed by atoms with E-state index in [4.69, 9.17) is 33.7 Å². The lowest BCUT2D eigenvalue weighted by Crippen LogP contribution is -2.14. The zero-order chi connectivity index (χ0) is 14.7. The van der Waals surface area contributed by atoms with Gasteiger partial charge in [0.25, 0.3) is 0 Å². The van der Waals surface area contributed by atoms with Gasteiger partial charge in [0, 0.05) is 21.7 Å². The van der Waals surface area contributed by atoms with Crippen molar-refractivity contribution in [1.82, 2.24) is 0 Å². The minimum Gasteiger partial charge on any atom is -0.494 e. The first kappa shape index (κ1) is 15.1. The third-order valence-electron chi connectivity index (χ3n) is 3.04. The van der Waals surface area contributed by atoms with Crippen LogP contribution in [-0.4, -0.2) is 7.11 Å². The fourth-order valence-corrected chi connectivity index (χ4v) is 2.74. The van der Waals surface area contributed by atoms with Gasteiger partial charge in [0.15, 0.2) is 11.6 Å². The molecule has 0 saturated heterocycles. The first-order chi connectivity index (χ1) is 9.52. The Kier molecular flexibility index (Phi) is 4.86. The summed E-state index contributed by atoms with van der Waals surface area (Å²) in [7, 11) is 1.42. The molecular weight excluding hydrogens is 300 g/mol. The van der Waals surface area contributed by atoms with Crippen LogP contribution in [0.25, 0.3) is 0 Å². The van der Waals surface area contributed by atoms with Crippen molar-refractivity contribution >= 4 is 23.2 Å². The van der Waals surface area contributed by atoms with Crippen LogP contribution < -0.4 is 10.5 Å². The van der Waals surface area contributed by atoms with E-state index in [-0.39, 0.29) is 5.75 Å². The minimum atomic E-state index is -0.414. The summed E-state index contributed by atoms with van der Waals surface area (Å²) >= 11 is 12.2. The van der Waals surface area contributed by atoms with E-state index in [1.807, 2.05) is 0 Å². The molecule has 0 fully saturated rings. The Hall–Kier alpha value is -1.29. The molecule has 1 atom stereocenters. The van der Waals surface area contributed by atoms with E-state index >= 15 is 0 Å². The van der Waals surface area contributed by atoms with Crippen molar-refractivity contribution < 1.29 is 9.13 Å². The van der Waals surface area contributed by atoms with Crippen molar-refractivity contribution in [2.24, 2.45) is 5.73 Å². The summed E-state index contributed by atoms with van der Waals surface area (Å²) in [4.78, 5) is 0. The second-order valence-corrected chi connectivity index (χ2v) is 5.23. The number of hydrogen-bond acceptors (Lipinski definition) is 2. The molecule has 20 heavy (non-hydrogen) atoms. The van der Waals surface area contributed by atoms with Crippen molar-refractivity contribution in [3.8, 4) is 5.75 Å². The Morgan fingerprint density at radius 2 is 1.85 bits per heavy atom. The first-order valence-electron chi connectivity index (χ1n) is 6.05. The van der Waals surface area contributed by atoms with Crippen molar-refractivity contribution in [1.29, 1.82) is 0 Å². The van der Waals surface area contributed by atoms with Gasteiger partial charge in [-0.15, -0.1) is 0 Å². The van der Waals surface area contributed by atoms with Crippen molar-refractivity contribution in [2.75, 3.05) is 7.11 Å². The van der Waals surface area contributed by atoms with Gasteiger partial charge >= 0.3 is 0 Å². The molecule has 106 valence electrons. The molecule has 2 aromatic rings. The largest absolute Gasteiger partial charge is 0.494 e. The smallest absolute Gasteiger partial charge is 0.165 e. The molecule has 0 saturated carbocycles. The maximum atomic E-state index is 13.6. The van der Waals surface area contributed by atoms with Gasteiger partial charge in [-0.1, -0.05) is 35.3 Å². The number of nitrogens with two attached hydrogens (primary N) is 1. The molecule has 0 amide bonds. The second kappa shape index (κ2) is 6.44. The Balaban J connectivity index is 2.23. The van der Waals surface area contributed by atoms with Crippen LogP contribution in [0.5, 0.6) is 5.75 Å². The average molecular weight is 314 g/mol. The highest BCUT2D eigenvalue weighted by Crippen LogP contribution is 2.31. The Labute approximate surface area is 127 Å². The number of rotatable bonds is 4. The van der Waals surface area contributed by atoms with Crippen LogP contribution >= 0.6 is 23.2 Å². The lowest BCUT2D eigenvalue weighted by atomic mass is 9.99. The van der Waals surface area contributed by atoms with Gasteiger partial charge < -0.3 is 10.5 Å². The molecule has 0 spiro atoms. The van der Waals surface area contributed by atoms with E-state index in [2.05, 4.69) is 0 Å². The minimum absolute atomic E-state index is 0.207. The predicted molar refractivity (Wildman–Crippen MR) is 80.0 cm³/mol. The molecule has 0 heterocycles. The van der Waals surface area contributed by atoms with Gasteiger partial charge in [0.05, 0.1) is 7.11 Å². The highest BCUT2D eigenvalue weighted by Gasteiger charge is 2.15. The van der Waals surface area contributed by atoms with Crippen LogP contribution in [0.4, 0.5) is 4.39 Å². The summed E-state index contributed by atoms with van der Waals surface area (Å²) < 4.78 is 18.5. The standard InChI is InChI=1S/C15H14Cl2FNO/c1-20-14-6-5-9(7-12(14)18)8-13(19)15-10(16)3-2-4-11(15)17/h2-7,13H,8,19H2,1H3. The first-order valence-corrected chi connectivity index (χ1v) is 6.80. The topological polar surface area (TPSA) is 35.2 Å². The van der Waals surface area contributed by atoms with Crippen molar-refractivity contribution in [2.45, 2.75) is 12.5 Å². The fraction of sp³-hybridized carbons (Fsp3) is 0.200. The van der Waals surface area contributed by atoms with Gasteiger partial charge in [-0.05, 0) is 36.2 Å². The average Bonchev–Trinajstić information content (AvgIpc) is 2.38. The van der Waals surface area contributed by atoms with E-state index in [0.717, 1.165) is 5.56 Å². The quantitative estimate of drug-likeness (QED) is 0.909. The molecule has 0 aliphatic carbocycles. The van der Waals surface area contributed by atoms with Crippen LogP contribution in [0.1, 0.15) is 17.2 Å². The summed E-state index contributed by atoms with van der Waals surface area (Å²) in [5.74, 6) is -0.208. The molecule has 0 aliphatic heterocycles. The fourth-order valence-electron chi connectivity index (χ4n) is 2.06. The zero-order valence-electron chi connectivity index (χ0n) is 10.9. The van der Waals surface area contributed by atoms with Crippen LogP contribution in [0.15, 0.2) is 36.4 Å². The highest BCUT2D eigenvalue weighted by molar-refractivity contribution is 6.36. The monoisotopic (exact) mass is 313 g/mol. The second-order valence-electron chi connectivity index (χ2n) is 4.41. The molecule has 0 radical (unpaired) electrons. The summed E-state index contributed by atoms with van der Waals surface area (Å²) in [5.41, 5.74) is 7.56. The summed E-state index contributed by atoms with van der Waals surface area (Å²) in [6.45, 7) is 0. The molecule has 2 rings (SSSR count). The zero-order valence-corrected chi connectivity index (χ0v) is 12.4. The molecule has 2 N–H and O–H groups in total. The summed E-state index contributed by atoms with van der Waals surface area (Å²) in [6, 6.07) is 9.58. The third-order valence-corrected chi connectivity index (χ3v) is 3.70. The Bertz CT molecular complexity index is 599. The Morgan fingerprint density at radius 1 is 1.20 bits per heavy atom. The lowest BCUT2D eigenvalue weighted by Gasteiger charge is -2.16. The normalized spacial score (nSPS) is 12.2. The van der Waals surface area contributed by atoms with Crippen LogP contribution in [0.3, 0.4) is 0 Å². The van der Waals surface area contributed by atoms with E-state index < -0.39 is 11.9 Å². The maximum absolute atomic E-state index is 13.6. The summed E-state index contributed by atoms with van der Waals surface area (Å²) in [6.07, 6.45) is 0.435. The third kappa shape index (κ3) is 3.23. The van der Waals surface area contributed by atoms with Crippen LogP contribution in [0, 0.1) is 5.82 Å². The lowest BCUT2D eigenvalue weighted by molar-refractivity contribution is 0.386. The molecular formula is C15H14Cl2FNO. The summed E-state index contributed by atoms with van der Waals surface area (Å²) in [5, 5.41) is 1.03. The maximum Gasteiger partial charge on any atom is 0.165 e. The van der Waals surface area contributed by atoms with Gasteiger partial charge in [0.2, 0.25) is 0 Å². The molecule has 5 heteroatoms. The van der Waals surface area contributed by atoms with E-state index in [1.54, 1.807) is 30.3 Å². The van der Waals surface area contributed by atoms with Crippen molar-refractivity contribution in [3.63, 3.8) is 0 Å². The molecule has 1 unspecified atom stereocenters. The van der Waals surface area contributed by atoms with E-state index in [0.29, 0.717) is 22.0 Å². The molecule has 0 bridgehead atoms. The van der Waals surface area contributed by atoms with Gasteiger partial charge in [-0.2, -0.15) is 0 Å². The van der Waals surface area contributed by atoms with Crippen molar-refractivity contribution in [3.05, 3.63) is 63.4 Å². The number of halogens is 3. The number of ether oxygens (including phenoxy) is 1. The van der Waals surface area contributed by atoms with E-state index in [9.17, 15) is 4.39 Å². The molecule has 0 aliphatic rings. The van der Waals surface area contributed by atoms with Gasteiger partial charge in [0.1, 0.15) is 0 Å². The predicted octanol–water partition coefficient (Wildman–Crippen LogP) is 4.38. The van der Waals surface area contributed by atoms with Gasteiger partial charge in [-0.3, -0.25) is 0 Å². The number of methoxy groups -OCH3 is 1.